The standard InChI is InChI=1S/C15H25N3O3/c1-2-12-16-13(18-21-12)10-3-4-11-9(7-10)5-6-15(11)8-20-14(19)17-15/h9-13,16,18H,2-8H2,1H3,(H,17,19)/t9?,10?,11?,12?,13?,15-/m1/s1. The van der Waals surface area contributed by atoms with Gasteiger partial charge in [-0.1, -0.05) is 6.92 Å². The summed E-state index contributed by atoms with van der Waals surface area (Å²) in [6, 6.07) is 0. The molecule has 6 nitrogen and oxygen atoms in total. The van der Waals surface area contributed by atoms with E-state index in [2.05, 4.69) is 23.0 Å². The molecule has 0 radical (unpaired) electrons. The molecule has 0 aromatic carbocycles. The largest absolute Gasteiger partial charge is 0.447 e. The summed E-state index contributed by atoms with van der Waals surface area (Å²) in [6.45, 7) is 2.70. The Balaban J connectivity index is 1.40. The van der Waals surface area contributed by atoms with Gasteiger partial charge in [0.25, 0.3) is 0 Å². The highest BCUT2D eigenvalue weighted by Gasteiger charge is 2.55. The highest BCUT2D eigenvalue weighted by atomic mass is 16.7. The van der Waals surface area contributed by atoms with Crippen molar-refractivity contribution in [2.75, 3.05) is 6.61 Å². The Morgan fingerprint density at radius 1 is 1.29 bits per heavy atom. The SMILES string of the molecule is CCC1NC(C2CCC3C(CC[C@@]34COC(=O)N4)C2)NO1. The number of hydrogen-bond donors (Lipinski definition) is 3. The predicted molar refractivity (Wildman–Crippen MR) is 76.0 cm³/mol. The first-order valence-corrected chi connectivity index (χ1v) is 8.32. The van der Waals surface area contributed by atoms with Crippen molar-refractivity contribution in [3.8, 4) is 0 Å². The number of fused-ring (bicyclic) bond motifs is 2. The third kappa shape index (κ3) is 2.24. The molecule has 4 aliphatic rings. The molecule has 0 bridgehead atoms. The fraction of sp³-hybridized carbons (Fsp3) is 0.933. The normalized spacial score (nSPS) is 49.2. The molecule has 0 aromatic heterocycles. The molecule has 3 N–H and O–H groups in total. The van der Waals surface area contributed by atoms with Crippen molar-refractivity contribution in [1.82, 2.24) is 16.1 Å². The predicted octanol–water partition coefficient (Wildman–Crippen LogP) is 1.48. The van der Waals surface area contributed by atoms with E-state index in [0.717, 1.165) is 12.8 Å². The summed E-state index contributed by atoms with van der Waals surface area (Å²) in [5.41, 5.74) is 3.11. The number of hydroxylamine groups is 1. The van der Waals surface area contributed by atoms with Crippen LogP contribution < -0.4 is 16.1 Å². The molecule has 0 aromatic rings. The molecule has 2 aliphatic carbocycles. The van der Waals surface area contributed by atoms with Gasteiger partial charge in [-0.25, -0.2) is 4.79 Å². The first kappa shape index (κ1) is 13.8. The lowest BCUT2D eigenvalue weighted by atomic mass is 9.70. The summed E-state index contributed by atoms with van der Waals surface area (Å²) < 4.78 is 5.20. The van der Waals surface area contributed by atoms with Crippen molar-refractivity contribution in [2.45, 2.75) is 63.4 Å². The van der Waals surface area contributed by atoms with Crippen molar-refractivity contribution in [3.63, 3.8) is 0 Å². The molecule has 1 spiro atoms. The van der Waals surface area contributed by atoms with Gasteiger partial charge in [-0.3, -0.25) is 10.2 Å². The van der Waals surface area contributed by atoms with Crippen LogP contribution in [0.2, 0.25) is 0 Å². The summed E-state index contributed by atoms with van der Waals surface area (Å²) in [5.74, 6) is 1.91. The average Bonchev–Trinajstić information content (AvgIpc) is 3.19. The third-order valence-corrected chi connectivity index (χ3v) is 6.05. The fourth-order valence-electron chi connectivity index (χ4n) is 4.94. The molecule has 5 unspecified atom stereocenters. The lowest BCUT2D eigenvalue weighted by Crippen LogP contribution is -2.50. The number of carbonyl (C=O) groups is 1. The first-order chi connectivity index (χ1) is 10.2. The van der Waals surface area contributed by atoms with Crippen LogP contribution in [0.1, 0.15) is 45.4 Å². The van der Waals surface area contributed by atoms with Crippen molar-refractivity contribution >= 4 is 6.09 Å². The highest BCUT2D eigenvalue weighted by Crippen LogP contribution is 2.51. The van der Waals surface area contributed by atoms with E-state index in [1.807, 2.05) is 0 Å². The van der Waals surface area contributed by atoms with E-state index >= 15 is 0 Å². The van der Waals surface area contributed by atoms with Gasteiger partial charge in [0.05, 0.1) is 11.7 Å². The second-order valence-electron chi connectivity index (χ2n) is 7.11. The van der Waals surface area contributed by atoms with E-state index in [1.54, 1.807) is 0 Å². The van der Waals surface area contributed by atoms with Gasteiger partial charge >= 0.3 is 6.09 Å². The number of cyclic esters (lactones) is 1. The lowest BCUT2D eigenvalue weighted by molar-refractivity contribution is 0.0115. The first-order valence-electron chi connectivity index (χ1n) is 8.32. The van der Waals surface area contributed by atoms with Gasteiger partial charge in [0.15, 0.2) is 0 Å². The maximum absolute atomic E-state index is 11.5. The number of rotatable bonds is 2. The Bertz CT molecular complexity index is 432. The topological polar surface area (TPSA) is 71.6 Å². The van der Waals surface area contributed by atoms with E-state index in [9.17, 15) is 4.79 Å². The number of carbonyl (C=O) groups excluding carboxylic acids is 1. The fourth-order valence-corrected chi connectivity index (χ4v) is 4.94. The third-order valence-electron chi connectivity index (χ3n) is 6.05. The minimum Gasteiger partial charge on any atom is -0.447 e. The van der Waals surface area contributed by atoms with Gasteiger partial charge < -0.3 is 10.1 Å². The number of alkyl carbamates (subject to hydrolysis) is 1. The number of ether oxygens (including phenoxy) is 1. The molecule has 6 heteroatoms. The van der Waals surface area contributed by atoms with Crippen LogP contribution >= 0.6 is 0 Å². The van der Waals surface area contributed by atoms with Gasteiger partial charge in [-0.15, -0.1) is 0 Å². The van der Waals surface area contributed by atoms with E-state index in [-0.39, 0.29) is 24.0 Å². The molecule has 6 atom stereocenters. The molecule has 4 fully saturated rings. The van der Waals surface area contributed by atoms with Gasteiger partial charge in [0, 0.05) is 0 Å². The molecular weight excluding hydrogens is 270 g/mol. The molecule has 2 heterocycles. The minimum absolute atomic E-state index is 0.0638. The van der Waals surface area contributed by atoms with Crippen LogP contribution in [0.3, 0.4) is 0 Å². The summed E-state index contributed by atoms with van der Waals surface area (Å²) >= 11 is 0. The second-order valence-corrected chi connectivity index (χ2v) is 7.11. The zero-order valence-corrected chi connectivity index (χ0v) is 12.6. The zero-order valence-electron chi connectivity index (χ0n) is 12.6. The van der Waals surface area contributed by atoms with E-state index < -0.39 is 0 Å². The van der Waals surface area contributed by atoms with Gasteiger partial charge in [0.1, 0.15) is 12.8 Å². The average molecular weight is 295 g/mol. The van der Waals surface area contributed by atoms with E-state index in [4.69, 9.17) is 9.57 Å². The Hall–Kier alpha value is -0.850. The summed E-state index contributed by atoms with van der Waals surface area (Å²) in [7, 11) is 0. The van der Waals surface area contributed by atoms with Crippen molar-refractivity contribution in [1.29, 1.82) is 0 Å². The van der Waals surface area contributed by atoms with E-state index in [1.165, 1.54) is 25.7 Å². The molecule has 1 amide bonds. The Kier molecular flexibility index (Phi) is 3.35. The molecular formula is C15H25N3O3. The molecule has 2 aliphatic heterocycles. The summed E-state index contributed by atoms with van der Waals surface area (Å²) in [4.78, 5) is 17.0. The van der Waals surface area contributed by atoms with Crippen LogP contribution in [0.25, 0.3) is 0 Å². The molecule has 2 saturated heterocycles. The van der Waals surface area contributed by atoms with Crippen molar-refractivity contribution < 1.29 is 14.4 Å². The highest BCUT2D eigenvalue weighted by molar-refractivity contribution is 5.71. The molecule has 21 heavy (non-hydrogen) atoms. The van der Waals surface area contributed by atoms with Crippen molar-refractivity contribution in [2.24, 2.45) is 17.8 Å². The smallest absolute Gasteiger partial charge is 0.407 e. The number of hydrogen-bond acceptors (Lipinski definition) is 5. The summed E-state index contributed by atoms with van der Waals surface area (Å²) in [5, 5.41) is 6.64. The van der Waals surface area contributed by atoms with Crippen LogP contribution in [0.4, 0.5) is 4.79 Å². The maximum Gasteiger partial charge on any atom is 0.407 e. The molecule has 118 valence electrons. The molecule has 4 rings (SSSR count). The quantitative estimate of drug-likeness (QED) is 0.720. The Labute approximate surface area is 125 Å². The van der Waals surface area contributed by atoms with Crippen molar-refractivity contribution in [3.05, 3.63) is 0 Å². The van der Waals surface area contributed by atoms with Crippen LogP contribution in [0, 0.1) is 17.8 Å². The van der Waals surface area contributed by atoms with Crippen LogP contribution in [0.5, 0.6) is 0 Å². The van der Waals surface area contributed by atoms with E-state index in [0.29, 0.717) is 24.4 Å². The minimum atomic E-state index is -0.226. The van der Waals surface area contributed by atoms with Crippen LogP contribution in [-0.2, 0) is 9.57 Å². The Morgan fingerprint density at radius 2 is 2.19 bits per heavy atom. The van der Waals surface area contributed by atoms with Gasteiger partial charge in [0.2, 0.25) is 0 Å². The van der Waals surface area contributed by atoms with Gasteiger partial charge in [-0.2, -0.15) is 5.48 Å². The maximum atomic E-state index is 11.5. The lowest BCUT2D eigenvalue weighted by Gasteiger charge is -2.39. The Morgan fingerprint density at radius 3 is 2.90 bits per heavy atom. The molecule has 2 saturated carbocycles. The zero-order chi connectivity index (χ0) is 14.4. The van der Waals surface area contributed by atoms with Crippen LogP contribution in [-0.4, -0.2) is 30.6 Å². The summed E-state index contributed by atoms with van der Waals surface area (Å²) in [6.07, 6.45) is 7.03. The monoisotopic (exact) mass is 295 g/mol. The van der Waals surface area contributed by atoms with Crippen LogP contribution in [0.15, 0.2) is 0 Å². The van der Waals surface area contributed by atoms with Gasteiger partial charge in [-0.05, 0) is 56.3 Å². The number of nitrogens with one attached hydrogen (secondary N) is 3. The second kappa shape index (κ2) is 5.11. The number of amides is 1.